The number of amides is 1. The molecular weight excluding hydrogens is 137 g/mol. The second kappa shape index (κ2) is 2.08. The number of halogens is 1. The van der Waals surface area contributed by atoms with Crippen LogP contribution in [0.2, 0.25) is 0 Å². The van der Waals surface area contributed by atoms with Gasteiger partial charge < -0.3 is 0 Å². The molecule has 0 saturated carbocycles. The molecule has 0 bridgehead atoms. The highest BCUT2D eigenvalue weighted by molar-refractivity contribution is 7.89. The standard InChI is InChI=1S/C2H4FNO3S/c1-8(6,7)4-2(3)5/h1H3,(H,4,5). The summed E-state index contributed by atoms with van der Waals surface area (Å²) in [6.45, 7) is 0. The van der Waals surface area contributed by atoms with Crippen molar-refractivity contribution in [3.05, 3.63) is 0 Å². The Morgan fingerprint density at radius 2 is 2.00 bits per heavy atom. The molecule has 1 amide bonds. The van der Waals surface area contributed by atoms with E-state index in [0.717, 1.165) is 4.72 Å². The van der Waals surface area contributed by atoms with Gasteiger partial charge in [0.1, 0.15) is 0 Å². The van der Waals surface area contributed by atoms with Gasteiger partial charge in [-0.1, -0.05) is 0 Å². The number of hydrogen-bond donors (Lipinski definition) is 1. The number of carbonyl (C=O) groups excluding carboxylic acids is 1. The first-order valence-corrected chi connectivity index (χ1v) is 3.48. The normalized spacial score (nSPS) is 10.8. The molecule has 0 spiro atoms. The van der Waals surface area contributed by atoms with Crippen LogP contribution in [0.5, 0.6) is 0 Å². The Morgan fingerprint density at radius 1 is 1.62 bits per heavy atom. The Balaban J connectivity index is 3.95. The van der Waals surface area contributed by atoms with Crippen molar-refractivity contribution in [1.82, 2.24) is 4.72 Å². The lowest BCUT2D eigenvalue weighted by Crippen LogP contribution is -2.24. The lowest BCUT2D eigenvalue weighted by molar-refractivity contribution is 0.227. The number of hydrogen-bond acceptors (Lipinski definition) is 3. The van der Waals surface area contributed by atoms with Crippen molar-refractivity contribution in [3.63, 3.8) is 0 Å². The molecule has 6 heteroatoms. The second-order valence-electron chi connectivity index (χ2n) is 1.15. The molecule has 0 unspecified atom stereocenters. The molecule has 0 aliphatic rings. The first-order chi connectivity index (χ1) is 3.42. The van der Waals surface area contributed by atoms with E-state index in [4.69, 9.17) is 0 Å². The molecule has 0 aliphatic carbocycles. The van der Waals surface area contributed by atoms with Crippen molar-refractivity contribution in [1.29, 1.82) is 0 Å². The highest BCUT2D eigenvalue weighted by Crippen LogP contribution is 1.75. The topological polar surface area (TPSA) is 63.2 Å². The molecule has 0 aromatic heterocycles. The third-order valence-corrected chi connectivity index (χ3v) is 0.797. The number of nitrogens with one attached hydrogen (secondary N) is 1. The number of rotatable bonds is 1. The van der Waals surface area contributed by atoms with Gasteiger partial charge in [0.05, 0.1) is 6.26 Å². The zero-order valence-corrected chi connectivity index (χ0v) is 4.83. The molecule has 0 aromatic rings. The van der Waals surface area contributed by atoms with Crippen molar-refractivity contribution >= 4 is 16.2 Å². The van der Waals surface area contributed by atoms with E-state index in [1.54, 1.807) is 0 Å². The average Bonchev–Trinajstić information content (AvgIpc) is 1.21. The fourth-order valence-electron chi connectivity index (χ4n) is 0.146. The predicted molar refractivity (Wildman–Crippen MR) is 24.5 cm³/mol. The summed E-state index contributed by atoms with van der Waals surface area (Å²) in [6.07, 6.45) is -1.38. The summed E-state index contributed by atoms with van der Waals surface area (Å²) in [4.78, 5) is 9.30. The van der Waals surface area contributed by atoms with Crippen LogP contribution in [0.15, 0.2) is 0 Å². The van der Waals surface area contributed by atoms with Crippen molar-refractivity contribution in [3.8, 4) is 0 Å². The van der Waals surface area contributed by atoms with Crippen LogP contribution in [0.4, 0.5) is 9.18 Å². The molecule has 0 aliphatic heterocycles. The molecule has 1 N–H and O–H groups in total. The van der Waals surface area contributed by atoms with Gasteiger partial charge >= 0.3 is 6.16 Å². The van der Waals surface area contributed by atoms with Gasteiger partial charge in [-0.15, -0.1) is 4.39 Å². The molecule has 0 rings (SSSR count). The molecule has 0 aromatic carbocycles. The van der Waals surface area contributed by atoms with Crippen LogP contribution < -0.4 is 4.72 Å². The minimum absolute atomic E-state index is 0.685. The van der Waals surface area contributed by atoms with Gasteiger partial charge in [-0.25, -0.2) is 17.9 Å². The Hall–Kier alpha value is -0.650. The summed E-state index contributed by atoms with van der Waals surface area (Å²) >= 11 is 0. The van der Waals surface area contributed by atoms with E-state index >= 15 is 0 Å². The van der Waals surface area contributed by atoms with E-state index in [0.29, 0.717) is 6.26 Å². The van der Waals surface area contributed by atoms with Crippen LogP contribution >= 0.6 is 0 Å². The fourth-order valence-corrected chi connectivity index (χ4v) is 0.437. The minimum Gasteiger partial charge on any atom is -0.233 e. The maximum Gasteiger partial charge on any atom is 0.411 e. The Bertz CT molecular complexity index is 183. The van der Waals surface area contributed by atoms with Gasteiger partial charge in [-0.2, -0.15) is 0 Å². The zero-order chi connectivity index (χ0) is 6.78. The summed E-state index contributed by atoms with van der Waals surface area (Å²) < 4.78 is 31.9. The SMILES string of the molecule is CS(=O)(=O)NC(=O)F. The summed E-state index contributed by atoms with van der Waals surface area (Å²) in [5.74, 6) is 0. The third kappa shape index (κ3) is 5.35. The molecule has 8 heavy (non-hydrogen) atoms. The molecule has 48 valence electrons. The van der Waals surface area contributed by atoms with Gasteiger partial charge in [0.15, 0.2) is 0 Å². The van der Waals surface area contributed by atoms with Crippen LogP contribution in [0.25, 0.3) is 0 Å². The maximum atomic E-state index is 11.1. The number of carbonyl (C=O) groups is 1. The summed E-state index contributed by atoms with van der Waals surface area (Å²) in [6, 6.07) is 0. The molecule has 0 heterocycles. The van der Waals surface area contributed by atoms with E-state index in [1.807, 2.05) is 0 Å². The molecule has 4 nitrogen and oxygen atoms in total. The van der Waals surface area contributed by atoms with E-state index in [2.05, 4.69) is 0 Å². The molecule has 0 radical (unpaired) electrons. The monoisotopic (exact) mass is 141 g/mol. The lowest BCUT2D eigenvalue weighted by Gasteiger charge is -1.89. The third-order valence-electron chi connectivity index (χ3n) is 0.266. The van der Waals surface area contributed by atoms with E-state index in [-0.39, 0.29) is 0 Å². The highest BCUT2D eigenvalue weighted by atomic mass is 32.2. The van der Waals surface area contributed by atoms with Crippen LogP contribution in [-0.2, 0) is 10.0 Å². The summed E-state index contributed by atoms with van der Waals surface area (Å²) in [7, 11) is -3.70. The highest BCUT2D eigenvalue weighted by Gasteiger charge is 2.03. The summed E-state index contributed by atoms with van der Waals surface area (Å²) in [5.41, 5.74) is 0. The lowest BCUT2D eigenvalue weighted by atomic mass is 11.4. The van der Waals surface area contributed by atoms with Crippen LogP contribution in [0, 0.1) is 0 Å². The first-order valence-electron chi connectivity index (χ1n) is 1.59. The molecule has 0 fully saturated rings. The van der Waals surface area contributed by atoms with Crippen molar-refractivity contribution in [2.24, 2.45) is 0 Å². The second-order valence-corrected chi connectivity index (χ2v) is 2.90. The van der Waals surface area contributed by atoms with Gasteiger partial charge in [-0.3, -0.25) is 0 Å². The van der Waals surface area contributed by atoms with Gasteiger partial charge in [0, 0.05) is 0 Å². The van der Waals surface area contributed by atoms with Gasteiger partial charge in [0.2, 0.25) is 10.0 Å². The smallest absolute Gasteiger partial charge is 0.233 e. The molecule has 0 saturated heterocycles. The fraction of sp³-hybridized carbons (Fsp3) is 0.500. The molecular formula is C2H4FNO3S. The van der Waals surface area contributed by atoms with E-state index in [9.17, 15) is 17.6 Å². The predicted octanol–water partition coefficient (Wildman–Crippen LogP) is -0.375. The van der Waals surface area contributed by atoms with Gasteiger partial charge in [0.25, 0.3) is 0 Å². The minimum atomic E-state index is -3.70. The van der Waals surface area contributed by atoms with Crippen LogP contribution in [0.3, 0.4) is 0 Å². The zero-order valence-electron chi connectivity index (χ0n) is 4.01. The summed E-state index contributed by atoms with van der Waals surface area (Å²) in [5, 5.41) is 0. The van der Waals surface area contributed by atoms with E-state index < -0.39 is 16.2 Å². The first kappa shape index (κ1) is 7.35. The van der Waals surface area contributed by atoms with Crippen molar-refractivity contribution < 1.29 is 17.6 Å². The number of sulfonamides is 1. The van der Waals surface area contributed by atoms with Crippen LogP contribution in [-0.4, -0.2) is 20.8 Å². The van der Waals surface area contributed by atoms with Gasteiger partial charge in [-0.05, 0) is 0 Å². The largest absolute Gasteiger partial charge is 0.411 e. The maximum absolute atomic E-state index is 11.1. The quantitative estimate of drug-likeness (QED) is 0.400. The average molecular weight is 141 g/mol. The molecule has 0 atom stereocenters. The Morgan fingerprint density at radius 3 is 2.00 bits per heavy atom. The van der Waals surface area contributed by atoms with Crippen molar-refractivity contribution in [2.75, 3.05) is 6.26 Å². The van der Waals surface area contributed by atoms with E-state index in [1.165, 1.54) is 0 Å². The Kier molecular flexibility index (Phi) is 1.91. The van der Waals surface area contributed by atoms with Crippen LogP contribution in [0.1, 0.15) is 0 Å². The Labute approximate surface area is 45.7 Å². The van der Waals surface area contributed by atoms with Crippen molar-refractivity contribution in [2.45, 2.75) is 0 Å².